The maximum absolute atomic E-state index is 13.3. The highest BCUT2D eigenvalue weighted by Gasteiger charge is 2.45. The summed E-state index contributed by atoms with van der Waals surface area (Å²) in [5, 5.41) is 11.2. The Labute approximate surface area is 216 Å². The molecule has 7 heteroatoms. The molecular weight excluding hydrogens is 470 g/mol. The highest BCUT2D eigenvalue weighted by molar-refractivity contribution is 6.46. The zero-order valence-corrected chi connectivity index (χ0v) is 21.5. The molecule has 0 unspecified atom stereocenters. The second kappa shape index (κ2) is 11.2. The summed E-state index contributed by atoms with van der Waals surface area (Å²) in [5.74, 6) is 0.346. The molecule has 1 N–H and O–H groups in total. The van der Waals surface area contributed by atoms with E-state index in [1.807, 2.05) is 56.3 Å². The van der Waals surface area contributed by atoms with Gasteiger partial charge in [0.2, 0.25) is 0 Å². The van der Waals surface area contributed by atoms with Gasteiger partial charge in [-0.15, -0.1) is 0 Å². The van der Waals surface area contributed by atoms with Gasteiger partial charge in [0.1, 0.15) is 11.5 Å². The van der Waals surface area contributed by atoms with Gasteiger partial charge in [0.05, 0.1) is 32.4 Å². The first-order valence-electron chi connectivity index (χ1n) is 12.2. The molecule has 1 aliphatic rings. The maximum atomic E-state index is 13.3. The fraction of sp³-hybridized carbons (Fsp3) is 0.267. The molecular formula is C30H31NO6. The zero-order valence-electron chi connectivity index (χ0n) is 21.5. The van der Waals surface area contributed by atoms with Gasteiger partial charge in [-0.3, -0.25) is 9.59 Å². The van der Waals surface area contributed by atoms with E-state index < -0.39 is 17.7 Å². The van der Waals surface area contributed by atoms with Gasteiger partial charge in [0.25, 0.3) is 11.7 Å². The molecule has 3 aromatic carbocycles. The lowest BCUT2D eigenvalue weighted by Gasteiger charge is -2.25. The van der Waals surface area contributed by atoms with Crippen LogP contribution in [0.25, 0.3) is 5.76 Å². The lowest BCUT2D eigenvalue weighted by molar-refractivity contribution is -0.139. The Morgan fingerprint density at radius 2 is 1.59 bits per heavy atom. The van der Waals surface area contributed by atoms with Crippen LogP contribution in [0.2, 0.25) is 0 Å². The first-order chi connectivity index (χ1) is 17.9. The van der Waals surface area contributed by atoms with Gasteiger partial charge in [0, 0.05) is 12.1 Å². The molecule has 1 aliphatic heterocycles. The number of amides is 1. The number of methoxy groups -OCH3 is 2. The molecule has 1 atom stereocenters. The van der Waals surface area contributed by atoms with Crippen molar-refractivity contribution in [3.63, 3.8) is 0 Å². The van der Waals surface area contributed by atoms with Crippen molar-refractivity contribution >= 4 is 17.4 Å². The second-order valence-electron chi connectivity index (χ2n) is 8.80. The van der Waals surface area contributed by atoms with Crippen molar-refractivity contribution in [2.75, 3.05) is 27.4 Å². The first-order valence-corrected chi connectivity index (χ1v) is 12.2. The lowest BCUT2D eigenvalue weighted by Crippen LogP contribution is -2.31. The van der Waals surface area contributed by atoms with Crippen molar-refractivity contribution in [2.24, 2.45) is 0 Å². The minimum absolute atomic E-state index is 0.0744. The van der Waals surface area contributed by atoms with Crippen molar-refractivity contribution in [1.82, 2.24) is 4.90 Å². The van der Waals surface area contributed by atoms with Crippen LogP contribution in [0.15, 0.2) is 72.3 Å². The summed E-state index contributed by atoms with van der Waals surface area (Å²) in [5.41, 5.74) is 3.21. The fourth-order valence-electron chi connectivity index (χ4n) is 4.52. The third-order valence-corrected chi connectivity index (χ3v) is 6.46. The molecule has 0 aliphatic carbocycles. The molecule has 1 heterocycles. The molecule has 4 rings (SSSR count). The fourth-order valence-corrected chi connectivity index (χ4v) is 4.52. The molecule has 1 amide bonds. The molecule has 3 aromatic rings. The molecule has 0 spiro atoms. The second-order valence-corrected chi connectivity index (χ2v) is 8.80. The standard InChI is InChI=1S/C30H31NO6/c1-5-37-23-13-11-21(12-14-23)27-26(28(32)22-9-6-19(2)7-10-22)29(33)30(34)31(27)17-16-20-8-15-24(35-3)25(18-20)36-4/h6-15,18,27,32H,5,16-17H2,1-4H3/t27-/m1/s1. The van der Waals surface area contributed by atoms with Crippen molar-refractivity contribution in [3.05, 3.63) is 94.6 Å². The topological polar surface area (TPSA) is 85.3 Å². The molecule has 0 bridgehead atoms. The van der Waals surface area contributed by atoms with E-state index in [1.54, 1.807) is 38.5 Å². The van der Waals surface area contributed by atoms with Crippen LogP contribution in [-0.4, -0.2) is 49.1 Å². The van der Waals surface area contributed by atoms with Gasteiger partial charge >= 0.3 is 0 Å². The number of ketones is 1. The van der Waals surface area contributed by atoms with E-state index in [2.05, 4.69) is 0 Å². The molecule has 1 saturated heterocycles. The minimum Gasteiger partial charge on any atom is -0.507 e. The van der Waals surface area contributed by atoms with Crippen LogP contribution in [0.1, 0.15) is 35.2 Å². The number of carbonyl (C=O) groups is 2. The van der Waals surface area contributed by atoms with Gasteiger partial charge in [-0.1, -0.05) is 48.0 Å². The smallest absolute Gasteiger partial charge is 0.295 e. The van der Waals surface area contributed by atoms with E-state index in [4.69, 9.17) is 14.2 Å². The summed E-state index contributed by atoms with van der Waals surface area (Å²) in [7, 11) is 3.14. The third-order valence-electron chi connectivity index (χ3n) is 6.46. The first kappa shape index (κ1) is 25.8. The minimum atomic E-state index is -0.739. The number of aryl methyl sites for hydroxylation is 1. The van der Waals surface area contributed by atoms with Crippen LogP contribution < -0.4 is 14.2 Å². The number of aliphatic hydroxyl groups is 1. The molecule has 1 fully saturated rings. The number of hydrogen-bond acceptors (Lipinski definition) is 6. The Balaban J connectivity index is 1.73. The van der Waals surface area contributed by atoms with E-state index in [1.165, 1.54) is 4.90 Å². The number of hydrogen-bond donors (Lipinski definition) is 1. The maximum Gasteiger partial charge on any atom is 0.295 e. The number of benzene rings is 3. The Hall–Kier alpha value is -4.26. The third kappa shape index (κ3) is 5.31. The number of ether oxygens (including phenoxy) is 3. The molecule has 7 nitrogen and oxygen atoms in total. The highest BCUT2D eigenvalue weighted by Crippen LogP contribution is 2.40. The normalized spacial score (nSPS) is 16.6. The van der Waals surface area contributed by atoms with Gasteiger partial charge in [0.15, 0.2) is 11.5 Å². The van der Waals surface area contributed by atoms with E-state index in [-0.39, 0.29) is 17.9 Å². The molecule has 37 heavy (non-hydrogen) atoms. The van der Waals surface area contributed by atoms with E-state index in [0.717, 1.165) is 11.1 Å². The summed E-state index contributed by atoms with van der Waals surface area (Å²) in [4.78, 5) is 28.1. The summed E-state index contributed by atoms with van der Waals surface area (Å²) in [6, 6.07) is 19.3. The quantitative estimate of drug-likeness (QED) is 0.250. The Morgan fingerprint density at radius 3 is 2.22 bits per heavy atom. The monoisotopic (exact) mass is 501 g/mol. The van der Waals surface area contributed by atoms with E-state index in [0.29, 0.717) is 41.4 Å². The van der Waals surface area contributed by atoms with Crippen LogP contribution in [0.3, 0.4) is 0 Å². The van der Waals surface area contributed by atoms with Crippen molar-refractivity contribution < 1.29 is 28.9 Å². The average molecular weight is 502 g/mol. The SMILES string of the molecule is CCOc1ccc([C@@H]2C(=C(O)c3ccc(C)cc3)C(=O)C(=O)N2CCc2ccc(OC)c(OC)c2)cc1. The number of rotatable bonds is 9. The van der Waals surface area contributed by atoms with Gasteiger partial charge in [-0.2, -0.15) is 0 Å². The van der Waals surface area contributed by atoms with Crippen LogP contribution in [0, 0.1) is 6.92 Å². The van der Waals surface area contributed by atoms with Crippen LogP contribution in [0.5, 0.6) is 17.2 Å². The van der Waals surface area contributed by atoms with Crippen LogP contribution >= 0.6 is 0 Å². The summed E-state index contributed by atoms with van der Waals surface area (Å²) in [6.07, 6.45) is 0.478. The van der Waals surface area contributed by atoms with Gasteiger partial charge in [-0.05, 0) is 55.7 Å². The molecule has 192 valence electrons. The Kier molecular flexibility index (Phi) is 7.82. The summed E-state index contributed by atoms with van der Waals surface area (Å²) >= 11 is 0. The molecule has 0 saturated carbocycles. The predicted octanol–water partition coefficient (Wildman–Crippen LogP) is 5.08. The van der Waals surface area contributed by atoms with E-state index >= 15 is 0 Å². The lowest BCUT2D eigenvalue weighted by atomic mass is 9.95. The van der Waals surface area contributed by atoms with E-state index in [9.17, 15) is 14.7 Å². The van der Waals surface area contributed by atoms with Gasteiger partial charge < -0.3 is 24.2 Å². The van der Waals surface area contributed by atoms with Crippen LogP contribution in [0.4, 0.5) is 0 Å². The van der Waals surface area contributed by atoms with Gasteiger partial charge in [-0.25, -0.2) is 0 Å². The molecule has 0 aromatic heterocycles. The average Bonchev–Trinajstić information content (AvgIpc) is 3.17. The van der Waals surface area contributed by atoms with Crippen molar-refractivity contribution in [2.45, 2.75) is 26.3 Å². The summed E-state index contributed by atoms with van der Waals surface area (Å²) in [6.45, 7) is 4.63. The number of Topliss-reactive ketones (excluding diaryl/α,β-unsaturated/α-hetero) is 1. The predicted molar refractivity (Wildman–Crippen MR) is 141 cm³/mol. The van der Waals surface area contributed by atoms with Crippen molar-refractivity contribution in [3.8, 4) is 17.2 Å². The number of nitrogens with zero attached hydrogens (tertiary/aromatic N) is 1. The Morgan fingerprint density at radius 1 is 0.919 bits per heavy atom. The van der Waals surface area contributed by atoms with Crippen LogP contribution in [-0.2, 0) is 16.0 Å². The Bertz CT molecular complexity index is 1310. The van der Waals surface area contributed by atoms with Crippen molar-refractivity contribution in [1.29, 1.82) is 0 Å². The largest absolute Gasteiger partial charge is 0.507 e. The number of carbonyl (C=O) groups excluding carboxylic acids is 2. The number of aliphatic hydroxyl groups excluding tert-OH is 1. The number of likely N-dealkylation sites (tertiary alicyclic amines) is 1. The zero-order chi connectivity index (χ0) is 26.5. The molecule has 0 radical (unpaired) electrons. The highest BCUT2D eigenvalue weighted by atomic mass is 16.5. The summed E-state index contributed by atoms with van der Waals surface area (Å²) < 4.78 is 16.3.